The lowest BCUT2D eigenvalue weighted by Gasteiger charge is -2.37. The molecule has 2 heterocycles. The van der Waals surface area contributed by atoms with Crippen molar-refractivity contribution < 1.29 is 0 Å². The molecule has 2 unspecified atom stereocenters. The highest BCUT2D eigenvalue weighted by Gasteiger charge is 2.24. The van der Waals surface area contributed by atoms with Crippen molar-refractivity contribution in [2.75, 3.05) is 6.54 Å². The second kappa shape index (κ2) is 5.97. The SMILES string of the molecule is CCC1CCC(C)N(Cc2cccnc2C#N)C1. The van der Waals surface area contributed by atoms with Gasteiger partial charge in [-0.3, -0.25) is 4.90 Å². The summed E-state index contributed by atoms with van der Waals surface area (Å²) in [4.78, 5) is 6.63. The molecule has 1 aromatic rings. The lowest BCUT2D eigenvalue weighted by molar-refractivity contribution is 0.108. The van der Waals surface area contributed by atoms with Gasteiger partial charge in [-0.2, -0.15) is 5.26 Å². The summed E-state index contributed by atoms with van der Waals surface area (Å²) >= 11 is 0. The lowest BCUT2D eigenvalue weighted by Crippen LogP contribution is -2.41. The van der Waals surface area contributed by atoms with Gasteiger partial charge in [-0.1, -0.05) is 19.4 Å². The van der Waals surface area contributed by atoms with E-state index in [2.05, 4.69) is 29.8 Å². The molecule has 0 bridgehead atoms. The number of likely N-dealkylation sites (tertiary alicyclic amines) is 1. The molecule has 2 rings (SSSR count). The van der Waals surface area contributed by atoms with E-state index in [1.165, 1.54) is 19.3 Å². The zero-order chi connectivity index (χ0) is 13.0. The standard InChI is InChI=1S/C15H21N3/c1-3-13-7-6-12(2)18(10-13)11-14-5-4-8-17-15(14)9-16/h4-5,8,12-13H,3,6-7,10-11H2,1-2H3. The van der Waals surface area contributed by atoms with Gasteiger partial charge in [0.2, 0.25) is 0 Å². The van der Waals surface area contributed by atoms with Gasteiger partial charge in [0.1, 0.15) is 11.8 Å². The Morgan fingerprint density at radius 2 is 2.33 bits per heavy atom. The first kappa shape index (κ1) is 13.0. The fourth-order valence-electron chi connectivity index (χ4n) is 2.70. The number of hydrogen-bond donors (Lipinski definition) is 0. The second-order valence-electron chi connectivity index (χ2n) is 5.25. The fourth-order valence-corrected chi connectivity index (χ4v) is 2.70. The molecule has 18 heavy (non-hydrogen) atoms. The molecular formula is C15H21N3. The van der Waals surface area contributed by atoms with Gasteiger partial charge >= 0.3 is 0 Å². The van der Waals surface area contributed by atoms with E-state index in [1.807, 2.05) is 12.1 Å². The largest absolute Gasteiger partial charge is 0.296 e. The van der Waals surface area contributed by atoms with E-state index < -0.39 is 0 Å². The smallest absolute Gasteiger partial charge is 0.144 e. The predicted octanol–water partition coefficient (Wildman–Crippen LogP) is 2.96. The summed E-state index contributed by atoms with van der Waals surface area (Å²) in [5, 5.41) is 9.08. The molecule has 1 fully saturated rings. The number of pyridine rings is 1. The summed E-state index contributed by atoms with van der Waals surface area (Å²) < 4.78 is 0. The maximum absolute atomic E-state index is 9.08. The summed E-state index contributed by atoms with van der Waals surface area (Å²) in [6, 6.07) is 6.74. The monoisotopic (exact) mass is 243 g/mol. The number of nitrogens with zero attached hydrogens (tertiary/aromatic N) is 3. The third-order valence-corrected chi connectivity index (χ3v) is 4.06. The van der Waals surface area contributed by atoms with Crippen LogP contribution in [0.4, 0.5) is 0 Å². The maximum atomic E-state index is 9.08. The van der Waals surface area contributed by atoms with Crippen molar-refractivity contribution in [3.8, 4) is 6.07 Å². The molecule has 1 saturated heterocycles. The quantitative estimate of drug-likeness (QED) is 0.819. The highest BCUT2D eigenvalue weighted by molar-refractivity contribution is 5.30. The molecule has 1 aliphatic rings. The van der Waals surface area contributed by atoms with Gasteiger partial charge in [-0.05, 0) is 31.7 Å². The van der Waals surface area contributed by atoms with Crippen LogP contribution in [0, 0.1) is 17.2 Å². The Morgan fingerprint density at radius 3 is 3.06 bits per heavy atom. The number of rotatable bonds is 3. The lowest BCUT2D eigenvalue weighted by atomic mass is 9.91. The van der Waals surface area contributed by atoms with Crippen LogP contribution in [0.1, 0.15) is 44.4 Å². The summed E-state index contributed by atoms with van der Waals surface area (Å²) in [6.07, 6.45) is 5.55. The number of nitriles is 1. The minimum Gasteiger partial charge on any atom is -0.296 e. The van der Waals surface area contributed by atoms with Crippen LogP contribution in [-0.2, 0) is 6.54 Å². The molecule has 0 radical (unpaired) electrons. The van der Waals surface area contributed by atoms with E-state index in [9.17, 15) is 0 Å². The van der Waals surface area contributed by atoms with E-state index in [1.54, 1.807) is 6.20 Å². The Morgan fingerprint density at radius 1 is 1.50 bits per heavy atom. The van der Waals surface area contributed by atoms with Crippen molar-refractivity contribution in [1.29, 1.82) is 5.26 Å². The second-order valence-corrected chi connectivity index (χ2v) is 5.25. The molecule has 3 nitrogen and oxygen atoms in total. The number of hydrogen-bond acceptors (Lipinski definition) is 3. The number of aromatic nitrogens is 1. The molecule has 1 aliphatic heterocycles. The minimum atomic E-state index is 0.573. The van der Waals surface area contributed by atoms with E-state index in [4.69, 9.17) is 5.26 Å². The molecule has 96 valence electrons. The van der Waals surface area contributed by atoms with Crippen molar-refractivity contribution in [3.63, 3.8) is 0 Å². The van der Waals surface area contributed by atoms with Crippen molar-refractivity contribution >= 4 is 0 Å². The molecular weight excluding hydrogens is 222 g/mol. The molecule has 0 N–H and O–H groups in total. The van der Waals surface area contributed by atoms with Gasteiger partial charge in [0, 0.05) is 30.9 Å². The van der Waals surface area contributed by atoms with Crippen molar-refractivity contribution in [2.45, 2.75) is 45.7 Å². The van der Waals surface area contributed by atoms with E-state index in [0.29, 0.717) is 11.7 Å². The molecule has 0 amide bonds. The molecule has 0 saturated carbocycles. The van der Waals surface area contributed by atoms with Crippen LogP contribution in [0.5, 0.6) is 0 Å². The van der Waals surface area contributed by atoms with Crippen molar-refractivity contribution in [3.05, 3.63) is 29.6 Å². The van der Waals surface area contributed by atoms with Crippen LogP contribution in [0.15, 0.2) is 18.3 Å². The third kappa shape index (κ3) is 2.88. The van der Waals surface area contributed by atoms with Crippen LogP contribution in [-0.4, -0.2) is 22.5 Å². The Bertz CT molecular complexity index is 436. The van der Waals surface area contributed by atoms with E-state index >= 15 is 0 Å². The molecule has 2 atom stereocenters. The predicted molar refractivity (Wildman–Crippen MR) is 71.8 cm³/mol. The Labute approximate surface area is 109 Å². The third-order valence-electron chi connectivity index (χ3n) is 4.06. The molecule has 0 aliphatic carbocycles. The van der Waals surface area contributed by atoms with E-state index in [0.717, 1.165) is 24.6 Å². The zero-order valence-corrected chi connectivity index (χ0v) is 11.3. The number of piperidine rings is 1. The first-order valence-electron chi connectivity index (χ1n) is 6.82. The average Bonchev–Trinajstić information content (AvgIpc) is 2.42. The zero-order valence-electron chi connectivity index (χ0n) is 11.3. The van der Waals surface area contributed by atoms with Gasteiger partial charge < -0.3 is 0 Å². The molecule has 3 heteroatoms. The highest BCUT2D eigenvalue weighted by Crippen LogP contribution is 2.25. The van der Waals surface area contributed by atoms with Crippen LogP contribution >= 0.6 is 0 Å². The van der Waals surface area contributed by atoms with E-state index in [-0.39, 0.29) is 0 Å². The molecule has 0 spiro atoms. The van der Waals surface area contributed by atoms with Gasteiger partial charge in [-0.15, -0.1) is 0 Å². The minimum absolute atomic E-state index is 0.573. The van der Waals surface area contributed by atoms with Crippen LogP contribution in [0.3, 0.4) is 0 Å². The Kier molecular flexibility index (Phi) is 4.33. The normalized spacial score (nSPS) is 24.7. The van der Waals surface area contributed by atoms with Crippen molar-refractivity contribution in [1.82, 2.24) is 9.88 Å². The first-order valence-corrected chi connectivity index (χ1v) is 6.82. The summed E-state index contributed by atoms with van der Waals surface area (Å²) in [5.74, 6) is 0.809. The maximum Gasteiger partial charge on any atom is 0.144 e. The van der Waals surface area contributed by atoms with Gasteiger partial charge in [0.05, 0.1) is 0 Å². The van der Waals surface area contributed by atoms with Gasteiger partial charge in [0.25, 0.3) is 0 Å². The summed E-state index contributed by atoms with van der Waals surface area (Å²) in [6.45, 7) is 6.56. The Balaban J connectivity index is 2.10. The topological polar surface area (TPSA) is 39.9 Å². The fraction of sp³-hybridized carbons (Fsp3) is 0.600. The van der Waals surface area contributed by atoms with Crippen molar-refractivity contribution in [2.24, 2.45) is 5.92 Å². The highest BCUT2D eigenvalue weighted by atomic mass is 15.2. The van der Waals surface area contributed by atoms with Crippen LogP contribution < -0.4 is 0 Å². The van der Waals surface area contributed by atoms with Crippen LogP contribution in [0.2, 0.25) is 0 Å². The van der Waals surface area contributed by atoms with Gasteiger partial charge in [0.15, 0.2) is 0 Å². The average molecular weight is 243 g/mol. The van der Waals surface area contributed by atoms with Crippen LogP contribution in [0.25, 0.3) is 0 Å². The molecule has 0 aromatic carbocycles. The summed E-state index contributed by atoms with van der Waals surface area (Å²) in [7, 11) is 0. The van der Waals surface area contributed by atoms with Gasteiger partial charge in [-0.25, -0.2) is 4.98 Å². The summed E-state index contributed by atoms with van der Waals surface area (Å²) in [5.41, 5.74) is 1.63. The first-order chi connectivity index (χ1) is 8.74. The Hall–Kier alpha value is -1.40. The molecule has 1 aromatic heterocycles.